The Morgan fingerprint density at radius 2 is 2.15 bits per heavy atom. The summed E-state index contributed by atoms with van der Waals surface area (Å²) in [7, 11) is 0. The Labute approximate surface area is 78.4 Å². The van der Waals surface area contributed by atoms with Crippen molar-refractivity contribution in [2.45, 2.75) is 25.9 Å². The second-order valence-corrected chi connectivity index (χ2v) is 3.93. The molecule has 0 spiro atoms. The van der Waals surface area contributed by atoms with Crippen LogP contribution in [0, 0.1) is 11.8 Å². The van der Waals surface area contributed by atoms with Crippen molar-refractivity contribution < 1.29 is 14.3 Å². The number of Topliss-reactive ketones (excluding diaryl/α,β-unsaturated/α-hetero) is 1. The maximum Gasteiger partial charge on any atom is 0.144 e. The molecule has 0 amide bonds. The number of ether oxygens (including phenoxy) is 2. The lowest BCUT2D eigenvalue weighted by Gasteiger charge is -2.15. The number of hydrogen-bond acceptors (Lipinski definition) is 3. The molecule has 2 rings (SSSR count). The van der Waals surface area contributed by atoms with Crippen LogP contribution in [0.25, 0.3) is 0 Å². The monoisotopic (exact) mass is 184 g/mol. The normalized spacial score (nSPS) is 39.6. The summed E-state index contributed by atoms with van der Waals surface area (Å²) < 4.78 is 10.6. The Morgan fingerprint density at radius 3 is 2.69 bits per heavy atom. The lowest BCUT2D eigenvalue weighted by molar-refractivity contribution is -0.128. The molecule has 2 fully saturated rings. The van der Waals surface area contributed by atoms with E-state index in [1.165, 1.54) is 0 Å². The van der Waals surface area contributed by atoms with Crippen molar-refractivity contribution >= 4 is 5.78 Å². The molecule has 13 heavy (non-hydrogen) atoms. The van der Waals surface area contributed by atoms with E-state index in [0.717, 1.165) is 26.1 Å². The first-order valence-corrected chi connectivity index (χ1v) is 5.02. The van der Waals surface area contributed by atoms with Gasteiger partial charge < -0.3 is 9.47 Å². The highest BCUT2D eigenvalue weighted by molar-refractivity contribution is 5.84. The van der Waals surface area contributed by atoms with Crippen LogP contribution < -0.4 is 0 Å². The Hall–Kier alpha value is -0.410. The highest BCUT2D eigenvalue weighted by Gasteiger charge is 2.36. The topological polar surface area (TPSA) is 35.5 Å². The molecule has 3 unspecified atom stereocenters. The van der Waals surface area contributed by atoms with Gasteiger partial charge in [0.15, 0.2) is 0 Å². The molecular formula is C10H16O3. The van der Waals surface area contributed by atoms with Crippen LogP contribution in [0.4, 0.5) is 0 Å². The molecule has 3 atom stereocenters. The second kappa shape index (κ2) is 3.76. The zero-order chi connectivity index (χ0) is 9.26. The molecule has 0 aliphatic carbocycles. The highest BCUT2D eigenvalue weighted by atomic mass is 16.5. The van der Waals surface area contributed by atoms with Crippen LogP contribution in [0.15, 0.2) is 0 Å². The zero-order valence-corrected chi connectivity index (χ0v) is 7.99. The van der Waals surface area contributed by atoms with Gasteiger partial charge in [0.1, 0.15) is 5.78 Å². The number of hydrogen-bond donors (Lipinski definition) is 0. The third kappa shape index (κ3) is 1.76. The van der Waals surface area contributed by atoms with Crippen molar-refractivity contribution in [2.75, 3.05) is 19.8 Å². The maximum atomic E-state index is 11.9. The van der Waals surface area contributed by atoms with E-state index in [1.807, 2.05) is 6.92 Å². The fraction of sp³-hybridized carbons (Fsp3) is 0.900. The summed E-state index contributed by atoms with van der Waals surface area (Å²) in [6.45, 7) is 4.11. The molecule has 2 aliphatic rings. The summed E-state index contributed by atoms with van der Waals surface area (Å²) in [6.07, 6.45) is 1.92. The summed E-state index contributed by atoms with van der Waals surface area (Å²) in [5.41, 5.74) is 0. The maximum absolute atomic E-state index is 11.9. The molecule has 74 valence electrons. The quantitative estimate of drug-likeness (QED) is 0.642. The Balaban J connectivity index is 1.95. The SMILES string of the molecule is CC1OCCC1C(=O)C1CCOC1. The van der Waals surface area contributed by atoms with Crippen LogP contribution in [0.1, 0.15) is 19.8 Å². The molecule has 0 aromatic carbocycles. The van der Waals surface area contributed by atoms with Gasteiger partial charge in [0, 0.05) is 25.0 Å². The molecule has 2 saturated heterocycles. The second-order valence-electron chi connectivity index (χ2n) is 3.93. The molecule has 0 saturated carbocycles. The summed E-state index contributed by atoms with van der Waals surface area (Å²) in [6, 6.07) is 0. The molecular weight excluding hydrogens is 168 g/mol. The zero-order valence-electron chi connectivity index (χ0n) is 7.99. The van der Waals surface area contributed by atoms with Gasteiger partial charge in [-0.1, -0.05) is 0 Å². The lowest BCUT2D eigenvalue weighted by atomic mass is 9.88. The first kappa shape index (κ1) is 9.16. The van der Waals surface area contributed by atoms with E-state index in [0.29, 0.717) is 12.4 Å². The predicted molar refractivity (Wildman–Crippen MR) is 47.5 cm³/mol. The molecule has 3 nitrogen and oxygen atoms in total. The lowest BCUT2D eigenvalue weighted by Crippen LogP contribution is -2.28. The fourth-order valence-electron chi connectivity index (χ4n) is 2.17. The van der Waals surface area contributed by atoms with Crippen LogP contribution in [0.3, 0.4) is 0 Å². The summed E-state index contributed by atoms with van der Waals surface area (Å²) in [4.78, 5) is 11.9. The average Bonchev–Trinajstić information content (AvgIpc) is 2.72. The fourth-order valence-corrected chi connectivity index (χ4v) is 2.17. The standard InChI is InChI=1S/C10H16O3/c1-7-9(3-5-13-7)10(11)8-2-4-12-6-8/h7-9H,2-6H2,1H3. The van der Waals surface area contributed by atoms with Gasteiger partial charge in [-0.05, 0) is 19.8 Å². The van der Waals surface area contributed by atoms with E-state index in [4.69, 9.17) is 9.47 Å². The van der Waals surface area contributed by atoms with Crippen molar-refractivity contribution in [1.29, 1.82) is 0 Å². The number of carbonyl (C=O) groups excluding carboxylic acids is 1. The minimum atomic E-state index is 0.119. The number of carbonyl (C=O) groups is 1. The predicted octanol–water partition coefficient (Wildman–Crippen LogP) is 1.02. The van der Waals surface area contributed by atoms with Gasteiger partial charge in [0.05, 0.1) is 12.7 Å². The summed E-state index contributed by atoms with van der Waals surface area (Å²) >= 11 is 0. The third-order valence-electron chi connectivity index (χ3n) is 3.07. The Morgan fingerprint density at radius 1 is 1.31 bits per heavy atom. The first-order chi connectivity index (χ1) is 6.29. The van der Waals surface area contributed by atoms with Crippen molar-refractivity contribution in [3.8, 4) is 0 Å². The summed E-state index contributed by atoms with van der Waals surface area (Å²) in [5.74, 6) is 0.642. The summed E-state index contributed by atoms with van der Waals surface area (Å²) in [5, 5.41) is 0. The largest absolute Gasteiger partial charge is 0.381 e. The minimum absolute atomic E-state index is 0.119. The van der Waals surface area contributed by atoms with Crippen molar-refractivity contribution in [3.05, 3.63) is 0 Å². The number of rotatable bonds is 2. The van der Waals surface area contributed by atoms with Crippen LogP contribution in [0.2, 0.25) is 0 Å². The molecule has 0 N–H and O–H groups in total. The van der Waals surface area contributed by atoms with E-state index >= 15 is 0 Å². The Bertz CT molecular complexity index is 196. The van der Waals surface area contributed by atoms with Crippen molar-refractivity contribution in [1.82, 2.24) is 0 Å². The molecule has 3 heteroatoms. The molecule has 2 heterocycles. The van der Waals surface area contributed by atoms with Gasteiger partial charge in [-0.15, -0.1) is 0 Å². The van der Waals surface area contributed by atoms with Gasteiger partial charge in [-0.2, -0.15) is 0 Å². The molecule has 0 aromatic rings. The minimum Gasteiger partial charge on any atom is -0.381 e. The van der Waals surface area contributed by atoms with Gasteiger partial charge in [-0.25, -0.2) is 0 Å². The van der Waals surface area contributed by atoms with Gasteiger partial charge >= 0.3 is 0 Å². The van der Waals surface area contributed by atoms with E-state index in [9.17, 15) is 4.79 Å². The van der Waals surface area contributed by atoms with Crippen molar-refractivity contribution in [3.63, 3.8) is 0 Å². The highest BCUT2D eigenvalue weighted by Crippen LogP contribution is 2.27. The van der Waals surface area contributed by atoms with Crippen LogP contribution in [-0.4, -0.2) is 31.7 Å². The molecule has 2 aliphatic heterocycles. The van der Waals surface area contributed by atoms with Crippen LogP contribution >= 0.6 is 0 Å². The van der Waals surface area contributed by atoms with Gasteiger partial charge in [-0.3, -0.25) is 4.79 Å². The third-order valence-corrected chi connectivity index (χ3v) is 3.07. The molecule has 0 aromatic heterocycles. The van der Waals surface area contributed by atoms with Crippen LogP contribution in [0.5, 0.6) is 0 Å². The van der Waals surface area contributed by atoms with E-state index in [-0.39, 0.29) is 17.9 Å². The van der Waals surface area contributed by atoms with E-state index < -0.39 is 0 Å². The Kier molecular flexibility index (Phi) is 2.65. The molecule has 0 radical (unpaired) electrons. The molecule has 0 bridgehead atoms. The van der Waals surface area contributed by atoms with Crippen molar-refractivity contribution in [2.24, 2.45) is 11.8 Å². The first-order valence-electron chi connectivity index (χ1n) is 5.02. The smallest absolute Gasteiger partial charge is 0.144 e. The number of ketones is 1. The van der Waals surface area contributed by atoms with Gasteiger partial charge in [0.2, 0.25) is 0 Å². The van der Waals surface area contributed by atoms with E-state index in [1.54, 1.807) is 0 Å². The van der Waals surface area contributed by atoms with Crippen LogP contribution in [-0.2, 0) is 14.3 Å². The van der Waals surface area contributed by atoms with E-state index in [2.05, 4.69) is 0 Å². The van der Waals surface area contributed by atoms with Gasteiger partial charge in [0.25, 0.3) is 0 Å². The average molecular weight is 184 g/mol.